The van der Waals surface area contributed by atoms with E-state index in [9.17, 15) is 35.9 Å². The summed E-state index contributed by atoms with van der Waals surface area (Å²) in [6, 6.07) is 4.89. The summed E-state index contributed by atoms with van der Waals surface area (Å²) in [5, 5.41) is 17.6. The first-order valence-electron chi connectivity index (χ1n) is 16.8. The number of aliphatic carboxylic acids is 1. The number of hydrogen-bond donors (Lipinski definition) is 1. The van der Waals surface area contributed by atoms with Crippen LogP contribution >= 0.6 is 0 Å². The van der Waals surface area contributed by atoms with Crippen molar-refractivity contribution in [2.45, 2.75) is 89.3 Å². The Hall–Kier alpha value is -5.34. The second-order valence-corrected chi connectivity index (χ2v) is 12.1. The molecular weight excluding hydrogens is 714 g/mol. The first-order valence-corrected chi connectivity index (χ1v) is 16.8. The third-order valence-electron chi connectivity index (χ3n) is 8.40. The Bertz CT molecular complexity index is 1720. The highest BCUT2D eigenvalue weighted by atomic mass is 19.4. The number of unbranched alkanes of at least 4 members (excludes halogenated alkanes) is 3. The number of anilines is 2. The number of pyridine rings is 1. The monoisotopic (exact) mass is 752 g/mol. The largest absolute Gasteiger partial charge is 0.490 e. The highest BCUT2D eigenvalue weighted by Crippen LogP contribution is 2.44. The van der Waals surface area contributed by atoms with Crippen LogP contribution in [0.1, 0.15) is 86.7 Å². The molecule has 0 fully saturated rings. The van der Waals surface area contributed by atoms with Gasteiger partial charge in [0.15, 0.2) is 5.75 Å². The number of rotatable bonds is 16. The summed E-state index contributed by atoms with van der Waals surface area (Å²) in [6.07, 6.45) is -5.84. The number of halogens is 6. The third kappa shape index (κ3) is 10.8. The molecule has 18 heteroatoms. The van der Waals surface area contributed by atoms with Crippen molar-refractivity contribution in [2.24, 2.45) is 0 Å². The van der Waals surface area contributed by atoms with E-state index in [0.29, 0.717) is 44.2 Å². The Morgan fingerprint density at radius 1 is 1.00 bits per heavy atom. The topological polar surface area (TPSA) is 151 Å². The second kappa shape index (κ2) is 17.9. The number of aromatic nitrogens is 3. The molecule has 0 unspecified atom stereocenters. The smallest absolute Gasteiger partial charge is 0.416 e. The van der Waals surface area contributed by atoms with Gasteiger partial charge >= 0.3 is 24.4 Å². The van der Waals surface area contributed by atoms with Gasteiger partial charge in [-0.3, -0.25) is 9.69 Å². The van der Waals surface area contributed by atoms with Crippen LogP contribution in [0.15, 0.2) is 42.7 Å². The molecule has 1 N–H and O–H groups in total. The molecule has 2 atom stereocenters. The van der Waals surface area contributed by atoms with Crippen molar-refractivity contribution in [3.8, 4) is 17.7 Å². The van der Waals surface area contributed by atoms with Crippen LogP contribution in [0.5, 0.6) is 11.6 Å². The number of ether oxygens (including phenoxy) is 3. The molecule has 0 bridgehead atoms. The van der Waals surface area contributed by atoms with Crippen LogP contribution in [-0.4, -0.2) is 58.5 Å². The van der Waals surface area contributed by atoms with Gasteiger partial charge in [-0.1, -0.05) is 6.92 Å². The van der Waals surface area contributed by atoms with Gasteiger partial charge in [-0.2, -0.15) is 31.6 Å². The van der Waals surface area contributed by atoms with E-state index in [4.69, 9.17) is 24.6 Å². The Labute approximate surface area is 301 Å². The van der Waals surface area contributed by atoms with E-state index in [-0.39, 0.29) is 73.1 Å². The molecule has 0 spiro atoms. The molecular formula is C35H38F6N6O6. The van der Waals surface area contributed by atoms with Gasteiger partial charge in [0.1, 0.15) is 0 Å². The summed E-state index contributed by atoms with van der Waals surface area (Å²) < 4.78 is 99.8. The lowest BCUT2D eigenvalue weighted by Gasteiger charge is -2.43. The Balaban J connectivity index is 1.78. The van der Waals surface area contributed by atoms with Crippen LogP contribution in [0.2, 0.25) is 0 Å². The van der Waals surface area contributed by atoms with Crippen LogP contribution in [0.25, 0.3) is 0 Å². The molecule has 1 amide bonds. The molecule has 3 aromatic rings. The zero-order chi connectivity index (χ0) is 38.8. The lowest BCUT2D eigenvalue weighted by molar-refractivity contribution is -0.143. The van der Waals surface area contributed by atoms with E-state index in [1.165, 1.54) is 35.4 Å². The average molecular weight is 753 g/mol. The van der Waals surface area contributed by atoms with E-state index in [1.54, 1.807) is 13.0 Å². The van der Waals surface area contributed by atoms with Crippen LogP contribution < -0.4 is 19.3 Å². The second-order valence-electron chi connectivity index (χ2n) is 12.1. The van der Waals surface area contributed by atoms with E-state index < -0.39 is 54.2 Å². The zero-order valence-electron chi connectivity index (χ0n) is 28.9. The van der Waals surface area contributed by atoms with Crippen molar-refractivity contribution < 1.29 is 55.2 Å². The van der Waals surface area contributed by atoms with Crippen molar-refractivity contribution in [1.82, 2.24) is 15.0 Å². The maximum atomic E-state index is 13.9. The molecule has 286 valence electrons. The van der Waals surface area contributed by atoms with Gasteiger partial charge in [0.2, 0.25) is 11.8 Å². The van der Waals surface area contributed by atoms with Crippen LogP contribution in [0.4, 0.5) is 42.8 Å². The maximum Gasteiger partial charge on any atom is 0.416 e. The average Bonchev–Trinajstić information content (AvgIpc) is 3.12. The number of nitriles is 1. The fourth-order valence-corrected chi connectivity index (χ4v) is 5.84. The number of carbonyl (C=O) groups is 2. The number of hydrogen-bond acceptors (Lipinski definition) is 10. The van der Waals surface area contributed by atoms with Crippen molar-refractivity contribution in [3.05, 3.63) is 65.1 Å². The highest BCUT2D eigenvalue weighted by Gasteiger charge is 2.42. The first kappa shape index (κ1) is 40.4. The van der Waals surface area contributed by atoms with Gasteiger partial charge in [-0.05, 0) is 68.4 Å². The Kier molecular flexibility index (Phi) is 13.7. The minimum absolute atomic E-state index is 0.00964. The highest BCUT2D eigenvalue weighted by molar-refractivity contribution is 5.90. The molecule has 1 aliphatic rings. The molecule has 0 aliphatic carbocycles. The zero-order valence-corrected chi connectivity index (χ0v) is 28.9. The van der Waals surface area contributed by atoms with Crippen LogP contribution in [0, 0.1) is 11.3 Å². The van der Waals surface area contributed by atoms with E-state index in [2.05, 4.69) is 15.0 Å². The van der Waals surface area contributed by atoms with Gasteiger partial charge in [0.05, 0.1) is 67.3 Å². The minimum atomic E-state index is -5.08. The van der Waals surface area contributed by atoms with Gasteiger partial charge in [0.25, 0.3) is 0 Å². The van der Waals surface area contributed by atoms with Crippen molar-refractivity contribution >= 4 is 23.7 Å². The van der Waals surface area contributed by atoms with E-state index in [1.807, 2.05) is 6.07 Å². The fourth-order valence-electron chi connectivity index (χ4n) is 5.84. The number of amides is 1. The van der Waals surface area contributed by atoms with Crippen molar-refractivity contribution in [1.29, 1.82) is 5.26 Å². The summed E-state index contributed by atoms with van der Waals surface area (Å²) in [7, 11) is 1.36. The predicted octanol–water partition coefficient (Wildman–Crippen LogP) is 8.12. The number of carboxylic acid groups (broad SMARTS) is 1. The number of alkyl halides is 6. The lowest BCUT2D eigenvalue weighted by Crippen LogP contribution is -2.48. The van der Waals surface area contributed by atoms with Gasteiger partial charge in [0, 0.05) is 31.5 Å². The molecule has 0 saturated carbocycles. The molecule has 1 aromatic carbocycles. The summed E-state index contributed by atoms with van der Waals surface area (Å²) in [5.41, 5.74) is -2.84. The molecule has 0 radical (unpaired) electrons. The number of methoxy groups -OCH3 is 1. The minimum Gasteiger partial charge on any atom is -0.490 e. The van der Waals surface area contributed by atoms with E-state index >= 15 is 0 Å². The van der Waals surface area contributed by atoms with Crippen LogP contribution in [0.3, 0.4) is 0 Å². The number of carboxylic acids is 1. The van der Waals surface area contributed by atoms with Gasteiger partial charge in [-0.15, -0.1) is 0 Å². The molecule has 2 aromatic heterocycles. The first-order chi connectivity index (χ1) is 25.2. The van der Waals surface area contributed by atoms with Crippen LogP contribution in [-0.2, 0) is 28.4 Å². The lowest BCUT2D eigenvalue weighted by atomic mass is 9.92. The maximum absolute atomic E-state index is 13.9. The number of carbonyl (C=O) groups excluding carboxylic acids is 1. The molecule has 53 heavy (non-hydrogen) atoms. The molecule has 12 nitrogen and oxygen atoms in total. The summed E-state index contributed by atoms with van der Waals surface area (Å²) >= 11 is 0. The molecule has 4 rings (SSSR count). The number of nitrogens with zero attached hydrogens (tertiary/aromatic N) is 6. The predicted molar refractivity (Wildman–Crippen MR) is 177 cm³/mol. The summed E-state index contributed by atoms with van der Waals surface area (Å²) in [4.78, 5) is 40.5. The van der Waals surface area contributed by atoms with Gasteiger partial charge in [-0.25, -0.2) is 19.7 Å². The third-order valence-corrected chi connectivity index (χ3v) is 8.40. The van der Waals surface area contributed by atoms with Gasteiger partial charge < -0.3 is 24.2 Å². The Morgan fingerprint density at radius 2 is 1.68 bits per heavy atom. The molecule has 1 aliphatic heterocycles. The van der Waals surface area contributed by atoms with Crippen molar-refractivity contribution in [3.63, 3.8) is 0 Å². The molecule has 3 heterocycles. The fraction of sp³-hybridized carbons (Fsp3) is 0.486. The van der Waals surface area contributed by atoms with E-state index in [0.717, 1.165) is 0 Å². The quantitative estimate of drug-likeness (QED) is 0.112. The SMILES string of the molecule is CC[C@@H]1C[C@H](N(Cc2cc(C(F)(F)F)cc(C(F)(F)F)c2)c2ncc(OCCCC#N)cn2)c2nc(OC)ccc2N1C(=O)OCCCCCC(=O)O. The summed E-state index contributed by atoms with van der Waals surface area (Å²) in [6.45, 7) is 1.46. The summed E-state index contributed by atoms with van der Waals surface area (Å²) in [5.74, 6) is -0.666. The Morgan fingerprint density at radius 3 is 2.26 bits per heavy atom. The normalized spacial score (nSPS) is 15.6. The molecule has 0 saturated heterocycles. The van der Waals surface area contributed by atoms with Crippen molar-refractivity contribution in [2.75, 3.05) is 30.1 Å². The number of fused-ring (bicyclic) bond motifs is 1. The number of benzene rings is 1. The standard InChI is InChI=1S/C35H38F6N6O6/c1-3-25-18-28(31-27(10-11-29(45-31)51-2)47(25)33(50)53-14-7-4-5-9-30(48)49)46(32-43-19-26(20-44-32)52-13-8-6-12-42)21-22-15-23(34(36,37)38)17-24(16-22)35(39,40)41/h10-11,15-17,19-20,25,28H,3-9,13-14,18,21H2,1-2H3,(H,48,49)/t25-,28+/m1/s1.